The van der Waals surface area contributed by atoms with Crippen molar-refractivity contribution in [1.82, 2.24) is 34.3 Å². The number of carbonyl (C=O) groups is 2. The van der Waals surface area contributed by atoms with Crippen LogP contribution in [0.3, 0.4) is 0 Å². The molecule has 1 N–H and O–H groups in total. The van der Waals surface area contributed by atoms with E-state index >= 15 is 0 Å². The zero-order chi connectivity index (χ0) is 21.7. The molecule has 1 aliphatic heterocycles. The van der Waals surface area contributed by atoms with Crippen LogP contribution in [0.2, 0.25) is 0 Å². The number of nitrogens with one attached hydrogen (secondary N) is 1. The molecule has 11 nitrogen and oxygen atoms in total. The SMILES string of the molecule is CCN1C(=O)CS/C1=N/NC(=O)c1c(C)nc2n1nc1c3ccccc3nc(OC)n12. The van der Waals surface area contributed by atoms with Gasteiger partial charge in [-0.15, -0.1) is 10.2 Å². The van der Waals surface area contributed by atoms with Crippen molar-refractivity contribution in [3.63, 3.8) is 0 Å². The molecule has 12 heteroatoms. The van der Waals surface area contributed by atoms with Gasteiger partial charge in [0.1, 0.15) is 0 Å². The fourth-order valence-corrected chi connectivity index (χ4v) is 4.49. The van der Waals surface area contributed by atoms with Crippen molar-refractivity contribution in [2.24, 2.45) is 5.10 Å². The van der Waals surface area contributed by atoms with Crippen LogP contribution >= 0.6 is 11.8 Å². The summed E-state index contributed by atoms with van der Waals surface area (Å²) in [5.41, 5.74) is 4.54. The molecule has 0 radical (unpaired) electrons. The number of carbonyl (C=O) groups excluding carboxylic acids is 2. The van der Waals surface area contributed by atoms with E-state index in [0.29, 0.717) is 40.6 Å². The van der Waals surface area contributed by atoms with Gasteiger partial charge in [-0.3, -0.25) is 14.5 Å². The third-order valence-corrected chi connectivity index (χ3v) is 5.96. The Bertz CT molecular complexity index is 1410. The fourth-order valence-electron chi connectivity index (χ4n) is 3.58. The van der Waals surface area contributed by atoms with Crippen LogP contribution in [0.5, 0.6) is 6.01 Å². The average Bonchev–Trinajstić information content (AvgIpc) is 3.41. The third-order valence-electron chi connectivity index (χ3n) is 4.99. The van der Waals surface area contributed by atoms with Crippen molar-refractivity contribution < 1.29 is 14.3 Å². The molecule has 1 aliphatic rings. The molecular formula is C19H18N8O3S. The van der Waals surface area contributed by atoms with Crippen LogP contribution in [0, 0.1) is 6.92 Å². The summed E-state index contributed by atoms with van der Waals surface area (Å²) < 4.78 is 8.59. The van der Waals surface area contributed by atoms with Gasteiger partial charge >= 0.3 is 6.01 Å². The van der Waals surface area contributed by atoms with E-state index < -0.39 is 5.91 Å². The molecule has 4 heterocycles. The summed E-state index contributed by atoms with van der Waals surface area (Å²) in [6, 6.07) is 7.85. The van der Waals surface area contributed by atoms with E-state index in [4.69, 9.17) is 4.74 Å². The van der Waals surface area contributed by atoms with Gasteiger partial charge in [0.2, 0.25) is 11.7 Å². The Morgan fingerprint density at radius 1 is 1.32 bits per heavy atom. The molecule has 4 aromatic rings. The lowest BCUT2D eigenvalue weighted by Crippen LogP contribution is -2.31. The number of thioether (sulfide) groups is 1. The maximum Gasteiger partial charge on any atom is 0.305 e. The van der Waals surface area contributed by atoms with Crippen LogP contribution in [0.4, 0.5) is 0 Å². The first-order chi connectivity index (χ1) is 15.0. The molecule has 0 aliphatic carbocycles. The van der Waals surface area contributed by atoms with Gasteiger partial charge in [0.15, 0.2) is 16.5 Å². The number of rotatable bonds is 4. The molecule has 0 bridgehead atoms. The fraction of sp³-hybridized carbons (Fsp3) is 0.263. The van der Waals surface area contributed by atoms with Gasteiger partial charge in [0.05, 0.1) is 24.1 Å². The van der Waals surface area contributed by atoms with Gasteiger partial charge in [-0.05, 0) is 26.0 Å². The van der Waals surface area contributed by atoms with Crippen LogP contribution in [-0.2, 0) is 4.79 Å². The van der Waals surface area contributed by atoms with Crippen LogP contribution in [0.1, 0.15) is 23.1 Å². The number of amides is 2. The lowest BCUT2D eigenvalue weighted by Gasteiger charge is -2.12. The second-order valence-corrected chi connectivity index (χ2v) is 7.74. The lowest BCUT2D eigenvalue weighted by molar-refractivity contribution is -0.123. The minimum Gasteiger partial charge on any atom is -0.468 e. The second kappa shape index (κ2) is 7.23. The Morgan fingerprint density at radius 2 is 2.13 bits per heavy atom. The molecule has 0 saturated carbocycles. The van der Waals surface area contributed by atoms with Crippen molar-refractivity contribution in [2.45, 2.75) is 13.8 Å². The van der Waals surface area contributed by atoms with E-state index in [2.05, 4.69) is 25.6 Å². The lowest BCUT2D eigenvalue weighted by atomic mass is 10.2. The molecule has 3 aromatic heterocycles. The summed E-state index contributed by atoms with van der Waals surface area (Å²) >= 11 is 1.29. The van der Waals surface area contributed by atoms with Crippen molar-refractivity contribution in [2.75, 3.05) is 19.4 Å². The number of amidine groups is 1. The predicted molar refractivity (Wildman–Crippen MR) is 115 cm³/mol. The normalized spacial score (nSPS) is 15.6. The van der Waals surface area contributed by atoms with Crippen molar-refractivity contribution in [1.29, 1.82) is 0 Å². The number of ether oxygens (including phenoxy) is 1. The first kappa shape index (κ1) is 19.3. The average molecular weight is 438 g/mol. The molecule has 2 amide bonds. The number of imidazole rings is 1. The third kappa shape index (κ3) is 2.90. The maximum atomic E-state index is 13.0. The standard InChI is InChI=1S/C19H18N8O3S/c1-4-25-13(28)9-31-19(25)23-22-16(29)14-10(2)20-17-26-15(24-27(14)17)11-7-5-6-8-12(11)21-18(26)30-3/h5-8H,4,9H2,1-3H3,(H,22,29)/b23-19+. The van der Waals surface area contributed by atoms with E-state index in [0.717, 1.165) is 10.9 Å². The summed E-state index contributed by atoms with van der Waals surface area (Å²) in [6.07, 6.45) is 0. The highest BCUT2D eigenvalue weighted by Gasteiger charge is 2.28. The van der Waals surface area contributed by atoms with Crippen LogP contribution in [-0.4, -0.2) is 65.3 Å². The number of fused-ring (bicyclic) bond motifs is 5. The first-order valence-corrected chi connectivity index (χ1v) is 10.5. The first-order valence-electron chi connectivity index (χ1n) is 9.55. The van der Waals surface area contributed by atoms with Gasteiger partial charge in [-0.1, -0.05) is 23.9 Å². The predicted octanol–water partition coefficient (Wildman–Crippen LogP) is 1.44. The number of methoxy groups -OCH3 is 1. The van der Waals surface area contributed by atoms with E-state index in [9.17, 15) is 9.59 Å². The minimum atomic E-state index is -0.479. The van der Waals surface area contributed by atoms with Gasteiger partial charge in [0.25, 0.3) is 5.91 Å². The number of hydrogen-bond acceptors (Lipinski definition) is 8. The second-order valence-electron chi connectivity index (χ2n) is 6.79. The molecule has 158 valence electrons. The molecular weight excluding hydrogens is 420 g/mol. The quantitative estimate of drug-likeness (QED) is 0.479. The number of aryl methyl sites for hydroxylation is 1. The number of hydrazone groups is 1. The largest absolute Gasteiger partial charge is 0.468 e. The summed E-state index contributed by atoms with van der Waals surface area (Å²) in [7, 11) is 1.52. The van der Waals surface area contributed by atoms with E-state index in [1.165, 1.54) is 28.3 Å². The highest BCUT2D eigenvalue weighted by molar-refractivity contribution is 8.15. The summed E-state index contributed by atoms with van der Waals surface area (Å²) in [6.45, 7) is 4.06. The van der Waals surface area contributed by atoms with Crippen LogP contribution in [0.25, 0.3) is 22.3 Å². The van der Waals surface area contributed by atoms with Crippen molar-refractivity contribution in [3.05, 3.63) is 35.7 Å². The smallest absolute Gasteiger partial charge is 0.305 e. The number of para-hydroxylation sites is 1. The topological polar surface area (TPSA) is 118 Å². The minimum absolute atomic E-state index is 0.0322. The Kier molecular flexibility index (Phi) is 4.50. The van der Waals surface area contributed by atoms with Gasteiger partial charge in [-0.25, -0.2) is 14.8 Å². The van der Waals surface area contributed by atoms with Crippen LogP contribution < -0.4 is 10.2 Å². The number of hydrogen-bond donors (Lipinski definition) is 1. The summed E-state index contributed by atoms with van der Waals surface area (Å²) in [5, 5.41) is 10.0. The maximum absolute atomic E-state index is 13.0. The zero-order valence-corrected chi connectivity index (χ0v) is 17.8. The van der Waals surface area contributed by atoms with Crippen molar-refractivity contribution >= 4 is 51.1 Å². The molecule has 1 fully saturated rings. The van der Waals surface area contributed by atoms with Crippen molar-refractivity contribution in [3.8, 4) is 6.01 Å². The van der Waals surface area contributed by atoms with Crippen LogP contribution in [0.15, 0.2) is 29.4 Å². The number of nitrogens with zero attached hydrogens (tertiary/aromatic N) is 7. The molecule has 5 rings (SSSR count). The Balaban J connectivity index is 1.63. The molecule has 1 aromatic carbocycles. The van der Waals surface area contributed by atoms with Gasteiger partial charge in [-0.2, -0.15) is 9.50 Å². The Morgan fingerprint density at radius 3 is 2.90 bits per heavy atom. The Labute approximate surface area is 180 Å². The zero-order valence-electron chi connectivity index (χ0n) is 17.0. The monoisotopic (exact) mass is 438 g/mol. The summed E-state index contributed by atoms with van der Waals surface area (Å²) in [5.74, 6) is 0.203. The Hall–Kier alpha value is -3.67. The molecule has 0 spiro atoms. The summed E-state index contributed by atoms with van der Waals surface area (Å²) in [4.78, 5) is 35.4. The number of aromatic nitrogens is 5. The molecule has 0 atom stereocenters. The highest BCUT2D eigenvalue weighted by Crippen LogP contribution is 2.25. The molecule has 1 saturated heterocycles. The molecule has 31 heavy (non-hydrogen) atoms. The van der Waals surface area contributed by atoms with Gasteiger partial charge in [0, 0.05) is 11.9 Å². The van der Waals surface area contributed by atoms with Gasteiger partial charge < -0.3 is 4.74 Å². The molecule has 0 unspecified atom stereocenters. The highest BCUT2D eigenvalue weighted by atomic mass is 32.2. The number of benzene rings is 1. The van der Waals surface area contributed by atoms with E-state index in [-0.39, 0.29) is 11.6 Å². The van der Waals surface area contributed by atoms with E-state index in [1.807, 2.05) is 31.2 Å². The van der Waals surface area contributed by atoms with E-state index in [1.54, 1.807) is 11.3 Å².